The minimum absolute atomic E-state index is 0. The van der Waals surface area contributed by atoms with Crippen molar-refractivity contribution in [2.45, 2.75) is 0 Å². The SMILES string of the molecule is N.[O-][I+]O. The van der Waals surface area contributed by atoms with Crippen molar-refractivity contribution in [2.24, 2.45) is 0 Å². The molecule has 0 saturated heterocycles. The van der Waals surface area contributed by atoms with Gasteiger partial charge in [-0.1, -0.05) is 0 Å². The van der Waals surface area contributed by atoms with Crippen molar-refractivity contribution in [3.63, 3.8) is 0 Å². The van der Waals surface area contributed by atoms with Crippen LogP contribution in [0.1, 0.15) is 0 Å². The molecule has 0 spiro atoms. The maximum absolute atomic E-state index is 8.60. The first-order chi connectivity index (χ1) is 1.41. The Labute approximate surface area is 35.6 Å². The van der Waals surface area contributed by atoms with Crippen LogP contribution in [0.2, 0.25) is 0 Å². The van der Waals surface area contributed by atoms with Crippen LogP contribution in [-0.4, -0.2) is 3.44 Å². The highest BCUT2D eigenvalue weighted by Gasteiger charge is 1.52. The third-order valence-corrected chi connectivity index (χ3v) is 0. The van der Waals surface area contributed by atoms with Crippen LogP contribution in [0.15, 0.2) is 0 Å². The normalized spacial score (nSPS) is 4.50. The van der Waals surface area contributed by atoms with Gasteiger partial charge in [0.05, 0.1) is 0 Å². The van der Waals surface area contributed by atoms with E-state index in [0.717, 1.165) is 0 Å². The van der Waals surface area contributed by atoms with E-state index in [1.165, 1.54) is 0 Å². The van der Waals surface area contributed by atoms with Gasteiger partial charge < -0.3 is 9.59 Å². The lowest BCUT2D eigenvalue weighted by atomic mass is 14.0. The summed E-state index contributed by atoms with van der Waals surface area (Å²) in [6.45, 7) is 0. The third-order valence-electron chi connectivity index (χ3n) is 0. The van der Waals surface area contributed by atoms with Crippen molar-refractivity contribution in [1.82, 2.24) is 6.15 Å². The molecule has 4 heavy (non-hydrogen) atoms. The van der Waals surface area contributed by atoms with Gasteiger partial charge in [0.2, 0.25) is 0 Å². The molecule has 0 aromatic carbocycles. The molecule has 4 heteroatoms. The van der Waals surface area contributed by atoms with Gasteiger partial charge in [0.25, 0.3) is 0 Å². The number of halogens is 1. The summed E-state index contributed by atoms with van der Waals surface area (Å²) in [5.74, 6) is 0. The Balaban J connectivity index is 0. The molecular weight excluding hydrogens is 173 g/mol. The smallest absolute Gasteiger partial charge is 0.449 e. The third kappa shape index (κ3) is 18.2. The van der Waals surface area contributed by atoms with Gasteiger partial charge in [0.15, 0.2) is 0 Å². The van der Waals surface area contributed by atoms with Crippen molar-refractivity contribution in [3.8, 4) is 0 Å². The zero-order valence-electron chi connectivity index (χ0n) is 1.94. The molecule has 0 bridgehead atoms. The Bertz CT molecular complexity index is 6.00. The zero-order chi connectivity index (χ0) is 2.71. The van der Waals surface area contributed by atoms with Gasteiger partial charge in [-0.3, -0.25) is 0 Å². The summed E-state index contributed by atoms with van der Waals surface area (Å²) in [6.07, 6.45) is 0. The quantitative estimate of drug-likeness (QED) is 0.365. The summed E-state index contributed by atoms with van der Waals surface area (Å²) >= 11 is -1.66. The van der Waals surface area contributed by atoms with E-state index in [0.29, 0.717) is 0 Å². The molecule has 0 unspecified atom stereocenters. The molecule has 0 radical (unpaired) electrons. The summed E-state index contributed by atoms with van der Waals surface area (Å²) in [7, 11) is 0. The minimum Gasteiger partial charge on any atom is -0.567 e. The zero-order valence-corrected chi connectivity index (χ0v) is 4.10. The lowest BCUT2D eigenvalue weighted by Crippen LogP contribution is -3.69. The van der Waals surface area contributed by atoms with E-state index in [4.69, 9.17) is 6.87 Å². The van der Waals surface area contributed by atoms with Crippen molar-refractivity contribution in [3.05, 3.63) is 0 Å². The number of hydrogen-bond donors (Lipinski definition) is 2. The monoisotopic (exact) mass is 177 g/mol. The second-order valence-electron chi connectivity index (χ2n) is 0.0690. The summed E-state index contributed by atoms with van der Waals surface area (Å²) in [5.41, 5.74) is 0. The summed E-state index contributed by atoms with van der Waals surface area (Å²) in [5, 5.41) is 0. The Morgan fingerprint density at radius 2 is 1.75 bits per heavy atom. The van der Waals surface area contributed by atoms with Gasteiger partial charge in [-0.25, -0.2) is 0 Å². The highest BCUT2D eigenvalue weighted by atomic mass is 127. The second kappa shape index (κ2) is 9.49. The van der Waals surface area contributed by atoms with Crippen LogP contribution in [0.25, 0.3) is 0 Å². The first-order valence-corrected chi connectivity index (χ1v) is 2.17. The van der Waals surface area contributed by atoms with Crippen LogP contribution in [-0.2, 0) is 0 Å². The van der Waals surface area contributed by atoms with Crippen molar-refractivity contribution >= 4 is 0 Å². The molecule has 4 N–H and O–H groups in total. The van der Waals surface area contributed by atoms with Crippen LogP contribution in [0.3, 0.4) is 0 Å². The summed E-state index contributed by atoms with van der Waals surface area (Å²) in [6, 6.07) is 0. The van der Waals surface area contributed by atoms with E-state index < -0.39 is 22.0 Å². The van der Waals surface area contributed by atoms with E-state index in [9.17, 15) is 0 Å². The topological polar surface area (TPSA) is 78.3 Å². The number of rotatable bonds is 0. The molecule has 3 nitrogen and oxygen atoms in total. The van der Waals surface area contributed by atoms with E-state index in [-0.39, 0.29) is 6.15 Å². The number of hydrogen-bond acceptors (Lipinski definition) is 3. The van der Waals surface area contributed by atoms with Crippen LogP contribution < -0.4 is 31.6 Å². The highest BCUT2D eigenvalue weighted by molar-refractivity contribution is 2.13. The van der Waals surface area contributed by atoms with Gasteiger partial charge in [-0.05, 0) is 0 Å². The standard InChI is InChI=1S/HIO2.H3N/c2-1-3;/h2H;1H3. The van der Waals surface area contributed by atoms with Crippen molar-refractivity contribution < 1.29 is 28.9 Å². The molecular formula is H4INO2. The van der Waals surface area contributed by atoms with E-state index in [2.05, 4.69) is 0 Å². The maximum Gasteiger partial charge on any atom is 0.449 e. The molecule has 0 fully saturated rings. The molecule has 0 aromatic heterocycles. The average molecular weight is 177 g/mol. The Hall–Kier alpha value is 0.610. The van der Waals surface area contributed by atoms with E-state index >= 15 is 0 Å². The van der Waals surface area contributed by atoms with Crippen molar-refractivity contribution in [1.29, 1.82) is 0 Å². The Morgan fingerprint density at radius 1 is 1.75 bits per heavy atom. The van der Waals surface area contributed by atoms with Gasteiger partial charge >= 0.3 is 22.0 Å². The maximum atomic E-state index is 8.60. The Morgan fingerprint density at radius 3 is 1.75 bits per heavy atom. The fourth-order valence-electron chi connectivity index (χ4n) is 0. The second-order valence-corrected chi connectivity index (χ2v) is 0.463. The van der Waals surface area contributed by atoms with Crippen LogP contribution in [0.5, 0.6) is 0 Å². The molecule has 0 atom stereocenters. The molecule has 28 valence electrons. The lowest BCUT2D eigenvalue weighted by molar-refractivity contribution is -1.27. The Kier molecular flexibility index (Phi) is 20.9. The first kappa shape index (κ1) is 8.82. The molecule has 0 rings (SSSR count). The molecule has 0 aromatic rings. The molecule has 0 amide bonds. The molecule has 0 saturated carbocycles. The summed E-state index contributed by atoms with van der Waals surface area (Å²) < 4.78 is 15.7. The molecule has 0 aliphatic rings. The highest BCUT2D eigenvalue weighted by Crippen LogP contribution is 0.133. The van der Waals surface area contributed by atoms with E-state index in [1.54, 1.807) is 0 Å². The predicted octanol–water partition coefficient (Wildman–Crippen LogP) is -4.58. The predicted molar refractivity (Wildman–Crippen MR) is 7.24 cm³/mol. The van der Waals surface area contributed by atoms with Gasteiger partial charge in [0.1, 0.15) is 0 Å². The van der Waals surface area contributed by atoms with Gasteiger partial charge in [-0.2, -0.15) is 3.44 Å². The lowest BCUT2D eigenvalue weighted by Gasteiger charge is -1.45. The van der Waals surface area contributed by atoms with Crippen LogP contribution in [0, 0.1) is 0 Å². The van der Waals surface area contributed by atoms with E-state index in [1.807, 2.05) is 0 Å². The fourth-order valence-corrected chi connectivity index (χ4v) is 0. The van der Waals surface area contributed by atoms with Crippen molar-refractivity contribution in [2.75, 3.05) is 0 Å². The molecule has 0 aliphatic heterocycles. The van der Waals surface area contributed by atoms with Gasteiger partial charge in [0, 0.05) is 0 Å². The largest absolute Gasteiger partial charge is 0.567 e. The molecule has 0 heterocycles. The van der Waals surface area contributed by atoms with Gasteiger partial charge in [-0.15, -0.1) is 0 Å². The fraction of sp³-hybridized carbons (Fsp3) is 0. The minimum atomic E-state index is -1.66. The molecule has 0 aliphatic carbocycles. The average Bonchev–Trinajstić information content (AvgIpc) is 0.918. The first-order valence-electron chi connectivity index (χ1n) is 0.323. The summed E-state index contributed by atoms with van der Waals surface area (Å²) in [4.78, 5) is 0. The van der Waals surface area contributed by atoms with Crippen LogP contribution >= 0.6 is 0 Å². The van der Waals surface area contributed by atoms with Crippen LogP contribution in [0.4, 0.5) is 0 Å².